The molecule has 1 N–H and O–H groups in total. The molecule has 0 aliphatic carbocycles. The first-order valence-corrected chi connectivity index (χ1v) is 13.0. The zero-order valence-corrected chi connectivity index (χ0v) is 20.5. The van der Waals surface area contributed by atoms with Crippen LogP contribution in [0.5, 0.6) is 0 Å². The lowest BCUT2D eigenvalue weighted by molar-refractivity contribution is 0.102. The minimum Gasteiger partial charge on any atom is -0.298 e. The Morgan fingerprint density at radius 3 is 2.47 bits per heavy atom. The van der Waals surface area contributed by atoms with Gasteiger partial charge in [-0.3, -0.25) is 10.1 Å². The average molecular weight is 472 g/mol. The number of nitrogens with zero attached hydrogens (tertiary/aromatic N) is 2. The number of benzene rings is 2. The Labute approximate surface area is 194 Å². The Kier molecular flexibility index (Phi) is 7.82. The molecule has 3 rings (SSSR count). The van der Waals surface area contributed by atoms with E-state index in [1.165, 1.54) is 39.9 Å². The quantitative estimate of drug-likeness (QED) is 0.447. The highest BCUT2D eigenvalue weighted by Gasteiger charge is 2.23. The summed E-state index contributed by atoms with van der Waals surface area (Å²) in [6, 6.07) is 12.2. The largest absolute Gasteiger partial charge is 0.298 e. The fraction of sp³-hybridized carbons (Fsp3) is 0.333. The van der Waals surface area contributed by atoms with Crippen molar-refractivity contribution in [2.24, 2.45) is 0 Å². The van der Waals surface area contributed by atoms with Gasteiger partial charge in [0.1, 0.15) is 0 Å². The molecular weight excluding hydrogens is 442 g/mol. The number of thiazole rings is 1. The predicted molar refractivity (Wildman–Crippen MR) is 131 cm³/mol. The second kappa shape index (κ2) is 10.4. The molecule has 0 spiro atoms. The number of hydrogen-bond donors (Lipinski definition) is 1. The first kappa shape index (κ1) is 24.1. The van der Waals surface area contributed by atoms with Gasteiger partial charge in [-0.15, -0.1) is 11.3 Å². The smallest absolute Gasteiger partial charge is 0.257 e. The van der Waals surface area contributed by atoms with Crippen LogP contribution in [0.15, 0.2) is 52.7 Å². The molecule has 1 heterocycles. The van der Waals surface area contributed by atoms with Crippen LogP contribution in [0, 0.1) is 13.8 Å². The van der Waals surface area contributed by atoms with Crippen LogP contribution in [-0.2, 0) is 10.0 Å². The fourth-order valence-electron chi connectivity index (χ4n) is 3.35. The molecule has 0 aliphatic heterocycles. The van der Waals surface area contributed by atoms with Gasteiger partial charge in [0.15, 0.2) is 5.13 Å². The van der Waals surface area contributed by atoms with E-state index in [0.29, 0.717) is 23.8 Å². The first-order valence-electron chi connectivity index (χ1n) is 10.7. The van der Waals surface area contributed by atoms with E-state index in [4.69, 9.17) is 0 Å². The minimum absolute atomic E-state index is 0.193. The lowest BCUT2D eigenvalue weighted by Crippen LogP contribution is -2.31. The van der Waals surface area contributed by atoms with Gasteiger partial charge in [0.2, 0.25) is 10.0 Å². The van der Waals surface area contributed by atoms with E-state index in [1.54, 1.807) is 0 Å². The Balaban J connectivity index is 1.73. The molecule has 3 aromatic rings. The van der Waals surface area contributed by atoms with E-state index in [0.717, 1.165) is 35.2 Å². The van der Waals surface area contributed by atoms with Crippen LogP contribution in [-0.4, -0.2) is 36.7 Å². The number of amides is 1. The third-order valence-electron chi connectivity index (χ3n) is 5.26. The molecule has 1 amide bonds. The maximum Gasteiger partial charge on any atom is 0.257 e. The molecule has 6 nitrogen and oxygen atoms in total. The van der Waals surface area contributed by atoms with Crippen LogP contribution >= 0.6 is 11.3 Å². The van der Waals surface area contributed by atoms with Gasteiger partial charge in [-0.25, -0.2) is 13.4 Å². The fourth-order valence-corrected chi connectivity index (χ4v) is 5.54. The summed E-state index contributed by atoms with van der Waals surface area (Å²) < 4.78 is 27.2. The summed E-state index contributed by atoms with van der Waals surface area (Å²) in [7, 11) is -3.57. The molecule has 2 aromatic carbocycles. The summed E-state index contributed by atoms with van der Waals surface area (Å²) in [5.74, 6) is -0.325. The summed E-state index contributed by atoms with van der Waals surface area (Å²) in [4.78, 5) is 17.4. The van der Waals surface area contributed by atoms with Crippen molar-refractivity contribution in [2.45, 2.75) is 45.4 Å². The Morgan fingerprint density at radius 2 is 1.81 bits per heavy atom. The van der Waals surface area contributed by atoms with Crippen LogP contribution in [0.4, 0.5) is 5.13 Å². The number of aromatic nitrogens is 1. The molecule has 0 bridgehead atoms. The van der Waals surface area contributed by atoms with Crippen LogP contribution in [0.1, 0.15) is 48.2 Å². The second-order valence-electron chi connectivity index (χ2n) is 7.69. The maximum atomic E-state index is 12.8. The molecule has 0 atom stereocenters. The molecule has 0 aliphatic rings. The Hall–Kier alpha value is -2.55. The third kappa shape index (κ3) is 5.43. The van der Waals surface area contributed by atoms with Crippen molar-refractivity contribution in [3.8, 4) is 11.3 Å². The van der Waals surface area contributed by atoms with Crippen LogP contribution in [0.2, 0.25) is 0 Å². The molecule has 1 aromatic heterocycles. The highest BCUT2D eigenvalue weighted by Crippen LogP contribution is 2.28. The van der Waals surface area contributed by atoms with Gasteiger partial charge in [0.25, 0.3) is 5.91 Å². The standard InChI is InChI=1S/C24H29N3O3S2/c1-5-7-14-27(6-2)32(29,30)20-12-10-19(11-13-20)23(28)26-24-25-22(16-31-24)21-15-17(3)8-9-18(21)4/h8-13,15-16H,5-7,14H2,1-4H3,(H,25,26,28). The monoisotopic (exact) mass is 471 g/mol. The van der Waals surface area contributed by atoms with Crippen molar-refractivity contribution in [3.05, 3.63) is 64.5 Å². The maximum absolute atomic E-state index is 12.8. The van der Waals surface area contributed by atoms with Crippen molar-refractivity contribution in [1.29, 1.82) is 0 Å². The predicted octanol–water partition coefficient (Wildman–Crippen LogP) is 5.49. The molecule has 0 radical (unpaired) electrons. The summed E-state index contributed by atoms with van der Waals surface area (Å²) in [6.45, 7) is 8.83. The van der Waals surface area contributed by atoms with Gasteiger partial charge in [-0.05, 0) is 56.2 Å². The van der Waals surface area contributed by atoms with Crippen LogP contribution in [0.3, 0.4) is 0 Å². The van der Waals surface area contributed by atoms with E-state index in [9.17, 15) is 13.2 Å². The van der Waals surface area contributed by atoms with Gasteiger partial charge in [0, 0.05) is 29.6 Å². The number of carbonyl (C=O) groups excluding carboxylic acids is 1. The number of carbonyl (C=O) groups is 1. The molecule has 170 valence electrons. The number of unbranched alkanes of at least 4 members (excludes halogenated alkanes) is 1. The van der Waals surface area contributed by atoms with Crippen LogP contribution < -0.4 is 5.32 Å². The SMILES string of the molecule is CCCCN(CC)S(=O)(=O)c1ccc(C(=O)Nc2nc(-c3cc(C)ccc3C)cs2)cc1. The van der Waals surface area contributed by atoms with E-state index >= 15 is 0 Å². The zero-order chi connectivity index (χ0) is 23.3. The molecular formula is C24H29N3O3S2. The highest BCUT2D eigenvalue weighted by atomic mass is 32.2. The number of sulfonamides is 1. The molecule has 0 unspecified atom stereocenters. The molecule has 0 fully saturated rings. The van der Waals surface area contributed by atoms with E-state index < -0.39 is 10.0 Å². The molecule has 32 heavy (non-hydrogen) atoms. The van der Waals surface area contributed by atoms with Gasteiger partial charge < -0.3 is 0 Å². The minimum atomic E-state index is -3.57. The summed E-state index contributed by atoms with van der Waals surface area (Å²) in [6.07, 6.45) is 1.73. The average Bonchev–Trinajstić information content (AvgIpc) is 3.24. The normalized spacial score (nSPS) is 11.7. The lowest BCUT2D eigenvalue weighted by Gasteiger charge is -2.20. The number of anilines is 1. The summed E-state index contributed by atoms with van der Waals surface area (Å²) in [5.41, 5.74) is 4.51. The van der Waals surface area contributed by atoms with Crippen molar-refractivity contribution in [1.82, 2.24) is 9.29 Å². The highest BCUT2D eigenvalue weighted by molar-refractivity contribution is 7.89. The molecule has 0 saturated heterocycles. The molecule has 8 heteroatoms. The van der Waals surface area contributed by atoms with Crippen LogP contribution in [0.25, 0.3) is 11.3 Å². The molecule has 0 saturated carbocycles. The van der Waals surface area contributed by atoms with Crippen molar-refractivity contribution < 1.29 is 13.2 Å². The second-order valence-corrected chi connectivity index (χ2v) is 10.5. The van der Waals surface area contributed by atoms with E-state index in [-0.39, 0.29) is 10.8 Å². The van der Waals surface area contributed by atoms with Crippen molar-refractivity contribution in [2.75, 3.05) is 18.4 Å². The van der Waals surface area contributed by atoms with Gasteiger partial charge in [0.05, 0.1) is 10.6 Å². The number of aryl methyl sites for hydroxylation is 2. The number of rotatable bonds is 9. The Morgan fingerprint density at radius 1 is 1.09 bits per heavy atom. The number of hydrogen-bond acceptors (Lipinski definition) is 5. The van der Waals surface area contributed by atoms with Gasteiger partial charge >= 0.3 is 0 Å². The van der Waals surface area contributed by atoms with Crippen molar-refractivity contribution >= 4 is 32.4 Å². The first-order chi connectivity index (χ1) is 15.3. The summed E-state index contributed by atoms with van der Waals surface area (Å²) in [5, 5.41) is 5.23. The van der Waals surface area contributed by atoms with Gasteiger partial charge in [-0.2, -0.15) is 4.31 Å². The van der Waals surface area contributed by atoms with E-state index in [1.807, 2.05) is 33.1 Å². The Bertz CT molecular complexity index is 1190. The van der Waals surface area contributed by atoms with Crippen molar-refractivity contribution in [3.63, 3.8) is 0 Å². The summed E-state index contributed by atoms with van der Waals surface area (Å²) >= 11 is 1.36. The topological polar surface area (TPSA) is 79.4 Å². The number of nitrogens with one attached hydrogen (secondary N) is 1. The third-order valence-corrected chi connectivity index (χ3v) is 8.01. The zero-order valence-electron chi connectivity index (χ0n) is 18.9. The lowest BCUT2D eigenvalue weighted by atomic mass is 10.0. The van der Waals surface area contributed by atoms with Gasteiger partial charge in [-0.1, -0.05) is 38.0 Å². The van der Waals surface area contributed by atoms with E-state index in [2.05, 4.69) is 28.5 Å².